The molecule has 1 N–H and O–H groups in total. The van der Waals surface area contributed by atoms with Crippen LogP contribution >= 0.6 is 0 Å². The van der Waals surface area contributed by atoms with Crippen molar-refractivity contribution < 1.29 is 28.6 Å². The molecule has 0 saturated heterocycles. The molecular formula is C29H36O7. The van der Waals surface area contributed by atoms with Crippen molar-refractivity contribution in [3.63, 3.8) is 0 Å². The SMILES string of the molecule is COC(=O)C/C=C/CCC(C)c1cc(O)c(C(=O)C(C)=Cc2cccc(OCCC(C)C)c2)c(=O)o1. The first kappa shape index (κ1) is 28.6. The molecule has 1 aromatic heterocycles. The van der Waals surface area contributed by atoms with Crippen LogP contribution in [0.2, 0.25) is 0 Å². The van der Waals surface area contributed by atoms with E-state index in [2.05, 4.69) is 18.6 Å². The minimum absolute atomic E-state index is 0.175. The Balaban J connectivity index is 2.10. The van der Waals surface area contributed by atoms with Crippen LogP contribution in [0.25, 0.3) is 6.08 Å². The molecule has 0 saturated carbocycles. The highest BCUT2D eigenvalue weighted by atomic mass is 16.5. The molecule has 0 aliphatic heterocycles. The first-order valence-corrected chi connectivity index (χ1v) is 12.2. The summed E-state index contributed by atoms with van der Waals surface area (Å²) < 4.78 is 15.7. The number of allylic oxidation sites excluding steroid dienone is 2. The van der Waals surface area contributed by atoms with Crippen molar-refractivity contribution in [2.75, 3.05) is 13.7 Å². The zero-order valence-corrected chi connectivity index (χ0v) is 21.7. The first-order chi connectivity index (χ1) is 17.1. The number of carbonyl (C=O) groups excluding carboxylic acids is 2. The van der Waals surface area contributed by atoms with Crippen molar-refractivity contribution in [3.8, 4) is 11.5 Å². The smallest absolute Gasteiger partial charge is 0.351 e. The van der Waals surface area contributed by atoms with Gasteiger partial charge in [-0.15, -0.1) is 0 Å². The lowest BCUT2D eigenvalue weighted by atomic mass is 9.99. The molecule has 0 bridgehead atoms. The van der Waals surface area contributed by atoms with E-state index in [1.807, 2.05) is 37.3 Å². The molecule has 7 heteroatoms. The highest BCUT2D eigenvalue weighted by molar-refractivity contribution is 6.12. The van der Waals surface area contributed by atoms with Crippen LogP contribution in [0.1, 0.15) is 81.0 Å². The highest BCUT2D eigenvalue weighted by Crippen LogP contribution is 2.26. The summed E-state index contributed by atoms with van der Waals surface area (Å²) in [4.78, 5) is 36.7. The third kappa shape index (κ3) is 8.87. The number of rotatable bonds is 13. The Bertz CT molecular complexity index is 1150. The third-order valence-corrected chi connectivity index (χ3v) is 5.67. The molecule has 1 aromatic carbocycles. The summed E-state index contributed by atoms with van der Waals surface area (Å²) in [7, 11) is 1.33. The zero-order valence-electron chi connectivity index (χ0n) is 21.7. The normalized spacial score (nSPS) is 12.7. The van der Waals surface area contributed by atoms with E-state index < -0.39 is 17.2 Å². The second kappa shape index (κ2) is 14.1. The molecule has 0 fully saturated rings. The summed E-state index contributed by atoms with van der Waals surface area (Å²) in [5.74, 6) is 0.0358. The molecule has 0 aliphatic rings. The minimum atomic E-state index is -0.874. The Morgan fingerprint density at radius 2 is 1.86 bits per heavy atom. The number of ketones is 1. The lowest BCUT2D eigenvalue weighted by molar-refractivity contribution is -0.139. The molecule has 0 amide bonds. The van der Waals surface area contributed by atoms with Crippen molar-refractivity contribution in [1.82, 2.24) is 0 Å². The van der Waals surface area contributed by atoms with Gasteiger partial charge < -0.3 is 19.0 Å². The molecule has 0 spiro atoms. The molecule has 7 nitrogen and oxygen atoms in total. The van der Waals surface area contributed by atoms with E-state index >= 15 is 0 Å². The Hall–Kier alpha value is -3.61. The Labute approximate surface area is 212 Å². The predicted molar refractivity (Wildman–Crippen MR) is 139 cm³/mol. The van der Waals surface area contributed by atoms with Gasteiger partial charge in [-0.3, -0.25) is 9.59 Å². The van der Waals surface area contributed by atoms with Crippen LogP contribution in [0.15, 0.2) is 57.3 Å². The Morgan fingerprint density at radius 1 is 1.11 bits per heavy atom. The van der Waals surface area contributed by atoms with Gasteiger partial charge >= 0.3 is 11.6 Å². The minimum Gasteiger partial charge on any atom is -0.507 e. The fourth-order valence-electron chi connectivity index (χ4n) is 3.44. The van der Waals surface area contributed by atoms with Gasteiger partial charge in [-0.2, -0.15) is 0 Å². The number of ether oxygens (including phenoxy) is 2. The molecule has 2 rings (SSSR count). The molecule has 1 unspecified atom stereocenters. The van der Waals surface area contributed by atoms with Crippen molar-refractivity contribution >= 4 is 17.8 Å². The average molecular weight is 497 g/mol. The maximum absolute atomic E-state index is 13.0. The lowest BCUT2D eigenvalue weighted by Crippen LogP contribution is -2.16. The number of esters is 1. The summed E-state index contributed by atoms with van der Waals surface area (Å²) in [5.41, 5.74) is -0.227. The standard InChI is InChI=1S/C29H36O7/c1-19(2)14-15-35-23-12-9-11-22(17-23)16-21(4)28(32)27-24(30)18-25(36-29(27)33)20(3)10-7-6-8-13-26(31)34-5/h6,8-9,11-12,16-20,30H,7,10,13-15H2,1-5H3/b8-6+,21-16?. The van der Waals surface area contributed by atoms with E-state index in [1.165, 1.54) is 13.2 Å². The summed E-state index contributed by atoms with van der Waals surface area (Å²) in [6, 6.07) is 8.67. The van der Waals surface area contributed by atoms with E-state index in [9.17, 15) is 19.5 Å². The van der Waals surface area contributed by atoms with Crippen LogP contribution in [0.5, 0.6) is 11.5 Å². The topological polar surface area (TPSA) is 103 Å². The molecule has 0 aliphatic carbocycles. The van der Waals surface area contributed by atoms with Crippen LogP contribution in [0, 0.1) is 5.92 Å². The van der Waals surface area contributed by atoms with Crippen LogP contribution in [0.4, 0.5) is 0 Å². The molecule has 2 aromatic rings. The molecule has 194 valence electrons. The number of Topliss-reactive ketones (excluding diaryl/α,β-unsaturated/α-hetero) is 1. The highest BCUT2D eigenvalue weighted by Gasteiger charge is 2.22. The third-order valence-electron chi connectivity index (χ3n) is 5.67. The molecular weight excluding hydrogens is 460 g/mol. The zero-order chi connectivity index (χ0) is 26.7. The second-order valence-corrected chi connectivity index (χ2v) is 9.19. The van der Waals surface area contributed by atoms with E-state index in [-0.39, 0.29) is 29.4 Å². The summed E-state index contributed by atoms with van der Waals surface area (Å²) in [6.45, 7) is 8.31. The van der Waals surface area contributed by atoms with Gasteiger partial charge in [0.15, 0.2) is 5.78 Å². The van der Waals surface area contributed by atoms with Crippen LogP contribution in [0.3, 0.4) is 0 Å². The fourth-order valence-corrected chi connectivity index (χ4v) is 3.44. The van der Waals surface area contributed by atoms with Gasteiger partial charge in [0.25, 0.3) is 0 Å². The van der Waals surface area contributed by atoms with Crippen molar-refractivity contribution in [2.24, 2.45) is 5.92 Å². The van der Waals surface area contributed by atoms with Gasteiger partial charge in [-0.05, 0) is 61.4 Å². The summed E-state index contributed by atoms with van der Waals surface area (Å²) in [5, 5.41) is 10.5. The maximum atomic E-state index is 13.0. The van der Waals surface area contributed by atoms with E-state index in [1.54, 1.807) is 19.1 Å². The Kier molecular flexibility index (Phi) is 11.2. The van der Waals surface area contributed by atoms with Crippen molar-refractivity contribution in [2.45, 2.75) is 59.3 Å². The Morgan fingerprint density at radius 3 is 2.53 bits per heavy atom. The number of hydrogen-bond acceptors (Lipinski definition) is 7. The summed E-state index contributed by atoms with van der Waals surface area (Å²) in [6.07, 6.45) is 7.62. The van der Waals surface area contributed by atoms with Crippen molar-refractivity contribution in [1.29, 1.82) is 0 Å². The summed E-state index contributed by atoms with van der Waals surface area (Å²) >= 11 is 0. The quantitative estimate of drug-likeness (QED) is 0.156. The number of aromatic hydroxyl groups is 1. The first-order valence-electron chi connectivity index (χ1n) is 12.2. The number of carbonyl (C=O) groups is 2. The number of hydrogen-bond donors (Lipinski definition) is 1. The number of methoxy groups -OCH3 is 1. The molecule has 0 radical (unpaired) electrons. The largest absolute Gasteiger partial charge is 0.507 e. The molecule has 36 heavy (non-hydrogen) atoms. The van der Waals surface area contributed by atoms with Crippen molar-refractivity contribution in [3.05, 3.63) is 75.4 Å². The average Bonchev–Trinajstić information content (AvgIpc) is 2.82. The van der Waals surface area contributed by atoms with Crippen LogP contribution < -0.4 is 10.4 Å². The van der Waals surface area contributed by atoms with E-state index in [0.29, 0.717) is 36.9 Å². The van der Waals surface area contributed by atoms with Crippen LogP contribution in [-0.2, 0) is 9.53 Å². The van der Waals surface area contributed by atoms with Gasteiger partial charge in [-0.1, -0.05) is 45.1 Å². The predicted octanol–water partition coefficient (Wildman–Crippen LogP) is 6.06. The fraction of sp³-hybridized carbons (Fsp3) is 0.414. The monoisotopic (exact) mass is 496 g/mol. The molecule has 1 heterocycles. The van der Waals surface area contributed by atoms with Gasteiger partial charge in [0.05, 0.1) is 20.1 Å². The second-order valence-electron chi connectivity index (χ2n) is 9.19. The lowest BCUT2D eigenvalue weighted by Gasteiger charge is -2.11. The molecule has 1 atom stereocenters. The number of benzene rings is 1. The van der Waals surface area contributed by atoms with Crippen LogP contribution in [-0.4, -0.2) is 30.6 Å². The van der Waals surface area contributed by atoms with Gasteiger partial charge in [0.1, 0.15) is 22.8 Å². The van der Waals surface area contributed by atoms with Gasteiger partial charge in [-0.25, -0.2) is 4.79 Å². The van der Waals surface area contributed by atoms with E-state index in [4.69, 9.17) is 9.15 Å². The van der Waals surface area contributed by atoms with Gasteiger partial charge in [0.2, 0.25) is 0 Å². The van der Waals surface area contributed by atoms with E-state index in [0.717, 1.165) is 12.0 Å². The van der Waals surface area contributed by atoms with Gasteiger partial charge in [0, 0.05) is 12.0 Å². The maximum Gasteiger partial charge on any atom is 0.351 e.